The van der Waals surface area contributed by atoms with Crippen molar-refractivity contribution in [3.05, 3.63) is 36.2 Å². The van der Waals surface area contributed by atoms with Crippen LogP contribution in [0.25, 0.3) is 11.4 Å². The van der Waals surface area contributed by atoms with Crippen LogP contribution in [0.2, 0.25) is 0 Å². The van der Waals surface area contributed by atoms with E-state index < -0.39 is 0 Å². The van der Waals surface area contributed by atoms with Gasteiger partial charge in [-0.2, -0.15) is 0 Å². The van der Waals surface area contributed by atoms with E-state index in [0.717, 1.165) is 23.4 Å². The van der Waals surface area contributed by atoms with E-state index in [-0.39, 0.29) is 5.75 Å². The van der Waals surface area contributed by atoms with E-state index in [4.69, 9.17) is 5.73 Å². The van der Waals surface area contributed by atoms with E-state index >= 15 is 0 Å². The second-order valence-electron chi connectivity index (χ2n) is 4.17. The molecule has 19 heavy (non-hydrogen) atoms. The number of aryl methyl sites for hydroxylation is 1. The number of rotatable bonds is 5. The Morgan fingerprint density at radius 2 is 2.00 bits per heavy atom. The minimum absolute atomic E-state index is 0.237. The van der Waals surface area contributed by atoms with Gasteiger partial charge in [0.05, 0.1) is 17.6 Å². The third-order valence-corrected chi connectivity index (χ3v) is 2.79. The molecule has 100 valence electrons. The number of nitrogens with two attached hydrogens (primary N) is 1. The molecule has 0 aliphatic carbocycles. The molecule has 0 bridgehead atoms. The van der Waals surface area contributed by atoms with Crippen LogP contribution in [-0.4, -0.2) is 28.2 Å². The Hall–Kier alpha value is -2.14. The molecule has 2 rings (SSSR count). The smallest absolute Gasteiger partial charge is 0.159 e. The standard InChI is InChI=1S/C14H18N4O/c1-2-12-13(16-8-7-15)9-17-14(18-12)10-3-5-11(19)6-4-10/h3-6,9,16,19H,2,7-8,15H2,1H3. The predicted molar refractivity (Wildman–Crippen MR) is 76.1 cm³/mol. The highest BCUT2D eigenvalue weighted by Gasteiger charge is 2.07. The van der Waals surface area contributed by atoms with Crippen molar-refractivity contribution in [3.63, 3.8) is 0 Å². The first-order chi connectivity index (χ1) is 9.24. The molecule has 0 aliphatic rings. The van der Waals surface area contributed by atoms with Gasteiger partial charge in [-0.05, 0) is 30.7 Å². The quantitative estimate of drug-likeness (QED) is 0.761. The summed E-state index contributed by atoms with van der Waals surface area (Å²) in [6.45, 7) is 3.33. The maximum absolute atomic E-state index is 9.28. The third kappa shape index (κ3) is 3.20. The molecule has 0 radical (unpaired) electrons. The Labute approximate surface area is 112 Å². The topological polar surface area (TPSA) is 84.1 Å². The van der Waals surface area contributed by atoms with Gasteiger partial charge in [-0.25, -0.2) is 9.97 Å². The van der Waals surface area contributed by atoms with Gasteiger partial charge in [0.1, 0.15) is 5.75 Å². The summed E-state index contributed by atoms with van der Waals surface area (Å²) in [6, 6.07) is 6.87. The zero-order chi connectivity index (χ0) is 13.7. The van der Waals surface area contributed by atoms with E-state index in [1.54, 1.807) is 30.5 Å². The molecule has 0 saturated carbocycles. The lowest BCUT2D eigenvalue weighted by Gasteiger charge is -2.10. The van der Waals surface area contributed by atoms with Crippen molar-refractivity contribution >= 4 is 5.69 Å². The number of aromatic hydroxyl groups is 1. The molecule has 4 N–H and O–H groups in total. The first kappa shape index (κ1) is 13.3. The molecule has 0 amide bonds. The van der Waals surface area contributed by atoms with Crippen molar-refractivity contribution < 1.29 is 5.11 Å². The predicted octanol–water partition coefficient (Wildman–Crippen LogP) is 1.78. The summed E-state index contributed by atoms with van der Waals surface area (Å²) in [7, 11) is 0. The van der Waals surface area contributed by atoms with Gasteiger partial charge in [0.15, 0.2) is 5.82 Å². The molecule has 1 heterocycles. The lowest BCUT2D eigenvalue weighted by Crippen LogP contribution is -2.15. The number of phenolic OH excluding ortho intramolecular Hbond substituents is 1. The normalized spacial score (nSPS) is 10.4. The molecular weight excluding hydrogens is 240 g/mol. The molecular formula is C14H18N4O. The monoisotopic (exact) mass is 258 g/mol. The Morgan fingerprint density at radius 3 is 2.63 bits per heavy atom. The highest BCUT2D eigenvalue weighted by Crippen LogP contribution is 2.21. The number of nitrogens with zero attached hydrogens (tertiary/aromatic N) is 2. The summed E-state index contributed by atoms with van der Waals surface area (Å²) < 4.78 is 0. The first-order valence-electron chi connectivity index (χ1n) is 6.34. The van der Waals surface area contributed by atoms with Gasteiger partial charge in [-0.1, -0.05) is 6.92 Å². The molecule has 5 nitrogen and oxygen atoms in total. The third-order valence-electron chi connectivity index (χ3n) is 2.79. The number of phenols is 1. The maximum atomic E-state index is 9.28. The van der Waals surface area contributed by atoms with Gasteiger partial charge in [-0.3, -0.25) is 0 Å². The molecule has 0 saturated heterocycles. The molecule has 0 unspecified atom stereocenters. The number of hydrogen-bond acceptors (Lipinski definition) is 5. The Kier molecular flexibility index (Phi) is 4.30. The van der Waals surface area contributed by atoms with Crippen LogP contribution in [-0.2, 0) is 6.42 Å². The maximum Gasteiger partial charge on any atom is 0.159 e. The fourth-order valence-electron chi connectivity index (χ4n) is 1.79. The number of aromatic nitrogens is 2. The summed E-state index contributed by atoms with van der Waals surface area (Å²) in [4.78, 5) is 8.89. The second kappa shape index (κ2) is 6.15. The largest absolute Gasteiger partial charge is 0.508 e. The van der Waals surface area contributed by atoms with Crippen LogP contribution in [0.3, 0.4) is 0 Å². The van der Waals surface area contributed by atoms with Gasteiger partial charge >= 0.3 is 0 Å². The van der Waals surface area contributed by atoms with Crippen LogP contribution < -0.4 is 11.1 Å². The van der Waals surface area contributed by atoms with Crippen molar-refractivity contribution in [1.82, 2.24) is 9.97 Å². The van der Waals surface area contributed by atoms with Crippen LogP contribution in [0.5, 0.6) is 5.75 Å². The van der Waals surface area contributed by atoms with Crippen molar-refractivity contribution in [1.29, 1.82) is 0 Å². The van der Waals surface area contributed by atoms with Crippen LogP contribution in [0.1, 0.15) is 12.6 Å². The minimum Gasteiger partial charge on any atom is -0.508 e. The van der Waals surface area contributed by atoms with Crippen molar-refractivity contribution in [2.45, 2.75) is 13.3 Å². The summed E-state index contributed by atoms with van der Waals surface area (Å²) in [5, 5.41) is 12.5. The van der Waals surface area contributed by atoms with E-state index in [9.17, 15) is 5.11 Å². The average Bonchev–Trinajstić information content (AvgIpc) is 2.46. The first-order valence-corrected chi connectivity index (χ1v) is 6.34. The number of hydrogen-bond donors (Lipinski definition) is 3. The van der Waals surface area contributed by atoms with Gasteiger partial charge in [0.25, 0.3) is 0 Å². The van der Waals surface area contributed by atoms with Crippen LogP contribution >= 0.6 is 0 Å². The van der Waals surface area contributed by atoms with Gasteiger partial charge in [-0.15, -0.1) is 0 Å². The van der Waals surface area contributed by atoms with Gasteiger partial charge in [0.2, 0.25) is 0 Å². The van der Waals surface area contributed by atoms with Crippen molar-refractivity contribution in [3.8, 4) is 17.1 Å². The van der Waals surface area contributed by atoms with E-state index in [0.29, 0.717) is 18.9 Å². The van der Waals surface area contributed by atoms with Gasteiger partial charge in [0, 0.05) is 18.7 Å². The molecule has 2 aromatic rings. The van der Waals surface area contributed by atoms with Gasteiger partial charge < -0.3 is 16.2 Å². The van der Waals surface area contributed by atoms with E-state index in [2.05, 4.69) is 22.2 Å². The summed E-state index contributed by atoms with van der Waals surface area (Å²) in [5.41, 5.74) is 8.25. The zero-order valence-electron chi connectivity index (χ0n) is 10.9. The molecule has 0 spiro atoms. The summed E-state index contributed by atoms with van der Waals surface area (Å²) >= 11 is 0. The fraction of sp³-hybridized carbons (Fsp3) is 0.286. The molecule has 1 aromatic heterocycles. The molecule has 0 atom stereocenters. The molecule has 1 aromatic carbocycles. The highest BCUT2D eigenvalue weighted by atomic mass is 16.3. The van der Waals surface area contributed by atoms with E-state index in [1.807, 2.05) is 0 Å². The summed E-state index contributed by atoms with van der Waals surface area (Å²) in [6.07, 6.45) is 2.60. The van der Waals surface area contributed by atoms with Crippen LogP contribution in [0, 0.1) is 0 Å². The van der Waals surface area contributed by atoms with Crippen molar-refractivity contribution in [2.24, 2.45) is 5.73 Å². The number of anilines is 1. The SMILES string of the molecule is CCc1nc(-c2ccc(O)cc2)ncc1NCCN. The molecule has 5 heteroatoms. The molecule has 0 fully saturated rings. The summed E-state index contributed by atoms with van der Waals surface area (Å²) in [5.74, 6) is 0.899. The Morgan fingerprint density at radius 1 is 1.26 bits per heavy atom. The van der Waals surface area contributed by atoms with Crippen LogP contribution in [0.15, 0.2) is 30.5 Å². The Balaban J connectivity index is 2.30. The lowest BCUT2D eigenvalue weighted by atomic mass is 10.2. The van der Waals surface area contributed by atoms with Crippen LogP contribution in [0.4, 0.5) is 5.69 Å². The average molecular weight is 258 g/mol. The number of benzene rings is 1. The molecule has 0 aliphatic heterocycles. The zero-order valence-corrected chi connectivity index (χ0v) is 10.9. The van der Waals surface area contributed by atoms with E-state index in [1.165, 1.54) is 0 Å². The Bertz CT molecular complexity index is 540. The second-order valence-corrected chi connectivity index (χ2v) is 4.17. The highest BCUT2D eigenvalue weighted by molar-refractivity contribution is 5.59. The minimum atomic E-state index is 0.237. The lowest BCUT2D eigenvalue weighted by molar-refractivity contribution is 0.475. The van der Waals surface area contributed by atoms with Crippen molar-refractivity contribution in [2.75, 3.05) is 18.4 Å². The fourth-order valence-corrected chi connectivity index (χ4v) is 1.79. The number of nitrogens with one attached hydrogen (secondary N) is 1.